The molecule has 0 aromatic carbocycles. The van der Waals surface area contributed by atoms with E-state index in [0.717, 1.165) is 55.9 Å². The molecule has 1 amide bonds. The van der Waals surface area contributed by atoms with Gasteiger partial charge in [0.2, 0.25) is 0 Å². The molecule has 2 aliphatic heterocycles. The Bertz CT molecular complexity index is 503. The molecule has 3 heterocycles. The fourth-order valence-corrected chi connectivity index (χ4v) is 4.25. The molecular weight excluding hydrogens is 272 g/mol. The zero-order chi connectivity index (χ0) is 14.2. The molecule has 0 bridgehead atoms. The number of nitrogens with zero attached hydrogens (tertiary/aromatic N) is 4. The maximum absolute atomic E-state index is 12.8. The molecular formula is C14H22N4OS. The van der Waals surface area contributed by atoms with Crippen molar-refractivity contribution in [3.8, 4) is 0 Å². The number of aryl methyl sites for hydroxylation is 1. The second kappa shape index (κ2) is 5.41. The maximum Gasteiger partial charge on any atom is 0.267 e. The Morgan fingerprint density at radius 1 is 1.20 bits per heavy atom. The van der Waals surface area contributed by atoms with E-state index in [1.165, 1.54) is 18.0 Å². The highest BCUT2D eigenvalue weighted by Crippen LogP contribution is 2.39. The Kier molecular flexibility index (Phi) is 3.77. The van der Waals surface area contributed by atoms with E-state index in [-0.39, 0.29) is 11.4 Å². The molecule has 1 spiro atoms. The smallest absolute Gasteiger partial charge is 0.267 e. The third-order valence-corrected chi connectivity index (χ3v) is 5.64. The standard InChI is InChI=1S/C14H22N4OS/c1-11-12(20-16-15-11)13(19)18-9-4-6-14(18)5-3-8-17(2)10-7-14/h3-10H2,1-2H3/t14-/m0/s1. The molecule has 2 aliphatic rings. The molecule has 1 atom stereocenters. The van der Waals surface area contributed by atoms with Gasteiger partial charge in [-0.25, -0.2) is 0 Å². The zero-order valence-corrected chi connectivity index (χ0v) is 13.1. The molecule has 2 fully saturated rings. The summed E-state index contributed by atoms with van der Waals surface area (Å²) in [6.07, 6.45) is 5.69. The predicted octanol–water partition coefficient (Wildman–Crippen LogP) is 1.94. The molecule has 0 saturated carbocycles. The summed E-state index contributed by atoms with van der Waals surface area (Å²) in [5.41, 5.74) is 0.853. The lowest BCUT2D eigenvalue weighted by atomic mass is 9.87. The van der Waals surface area contributed by atoms with Crippen LogP contribution in [0.3, 0.4) is 0 Å². The zero-order valence-electron chi connectivity index (χ0n) is 12.3. The maximum atomic E-state index is 12.8. The first-order chi connectivity index (χ1) is 9.62. The van der Waals surface area contributed by atoms with Gasteiger partial charge in [0.25, 0.3) is 5.91 Å². The van der Waals surface area contributed by atoms with Gasteiger partial charge in [0, 0.05) is 18.6 Å². The third-order valence-electron chi connectivity index (χ3n) is 4.83. The van der Waals surface area contributed by atoms with Crippen molar-refractivity contribution < 1.29 is 4.79 Å². The van der Waals surface area contributed by atoms with Crippen molar-refractivity contribution in [2.45, 2.75) is 44.6 Å². The van der Waals surface area contributed by atoms with Crippen LogP contribution in [0.25, 0.3) is 0 Å². The third kappa shape index (κ3) is 2.35. The van der Waals surface area contributed by atoms with E-state index in [0.29, 0.717) is 0 Å². The van der Waals surface area contributed by atoms with E-state index in [2.05, 4.69) is 26.4 Å². The molecule has 0 radical (unpaired) electrons. The number of hydrogen-bond donors (Lipinski definition) is 0. The number of hydrogen-bond acceptors (Lipinski definition) is 5. The molecule has 1 aromatic heterocycles. The van der Waals surface area contributed by atoms with Crippen molar-refractivity contribution in [1.82, 2.24) is 19.4 Å². The topological polar surface area (TPSA) is 49.3 Å². The SMILES string of the molecule is Cc1nnsc1C(=O)N1CCC[C@]12CCCN(C)CC2. The van der Waals surface area contributed by atoms with Gasteiger partial charge in [-0.05, 0) is 64.2 Å². The highest BCUT2D eigenvalue weighted by Gasteiger charge is 2.44. The number of rotatable bonds is 1. The average Bonchev–Trinajstić information content (AvgIpc) is 2.97. The van der Waals surface area contributed by atoms with E-state index in [9.17, 15) is 4.79 Å². The number of likely N-dealkylation sites (tertiary alicyclic amines) is 2. The van der Waals surface area contributed by atoms with Crippen LogP contribution in [0.2, 0.25) is 0 Å². The van der Waals surface area contributed by atoms with Crippen LogP contribution in [0.1, 0.15) is 47.5 Å². The van der Waals surface area contributed by atoms with Gasteiger partial charge in [-0.3, -0.25) is 4.79 Å². The van der Waals surface area contributed by atoms with E-state index < -0.39 is 0 Å². The van der Waals surface area contributed by atoms with Gasteiger partial charge in [-0.1, -0.05) is 4.49 Å². The summed E-state index contributed by atoms with van der Waals surface area (Å²) in [7, 11) is 2.18. The molecule has 5 nitrogen and oxygen atoms in total. The van der Waals surface area contributed by atoms with Gasteiger partial charge in [0.05, 0.1) is 5.69 Å². The summed E-state index contributed by atoms with van der Waals surface area (Å²) < 4.78 is 3.91. The van der Waals surface area contributed by atoms with Crippen LogP contribution in [0.4, 0.5) is 0 Å². The highest BCUT2D eigenvalue weighted by molar-refractivity contribution is 7.07. The van der Waals surface area contributed by atoms with Crippen molar-refractivity contribution in [1.29, 1.82) is 0 Å². The summed E-state index contributed by atoms with van der Waals surface area (Å²) in [5, 5.41) is 3.99. The minimum atomic E-state index is 0.0816. The van der Waals surface area contributed by atoms with E-state index in [4.69, 9.17) is 0 Å². The van der Waals surface area contributed by atoms with E-state index in [1.54, 1.807) is 0 Å². The molecule has 6 heteroatoms. The van der Waals surface area contributed by atoms with Crippen LogP contribution in [-0.4, -0.2) is 57.5 Å². The van der Waals surface area contributed by atoms with Gasteiger partial charge in [0.15, 0.2) is 0 Å². The fourth-order valence-electron chi connectivity index (χ4n) is 3.64. The van der Waals surface area contributed by atoms with Crippen LogP contribution < -0.4 is 0 Å². The molecule has 3 rings (SSSR count). The average molecular weight is 294 g/mol. The number of aromatic nitrogens is 2. The van der Waals surface area contributed by atoms with Gasteiger partial charge < -0.3 is 9.80 Å². The van der Waals surface area contributed by atoms with Crippen molar-refractivity contribution in [3.05, 3.63) is 10.6 Å². The largest absolute Gasteiger partial charge is 0.332 e. The number of amides is 1. The fraction of sp³-hybridized carbons (Fsp3) is 0.786. The summed E-state index contributed by atoms with van der Waals surface area (Å²) >= 11 is 1.23. The molecule has 0 unspecified atom stereocenters. The normalized spacial score (nSPS) is 28.0. The molecule has 110 valence electrons. The highest BCUT2D eigenvalue weighted by atomic mass is 32.1. The van der Waals surface area contributed by atoms with Crippen LogP contribution in [0, 0.1) is 6.92 Å². The molecule has 1 aromatic rings. The second-order valence-corrected chi connectivity index (χ2v) is 6.88. The summed E-state index contributed by atoms with van der Waals surface area (Å²) in [6.45, 7) is 4.99. The first-order valence-corrected chi connectivity index (χ1v) is 8.19. The molecule has 0 aliphatic carbocycles. The van der Waals surface area contributed by atoms with Crippen LogP contribution in [-0.2, 0) is 0 Å². The quantitative estimate of drug-likeness (QED) is 0.794. The minimum absolute atomic E-state index is 0.0816. The number of carbonyl (C=O) groups is 1. The van der Waals surface area contributed by atoms with Gasteiger partial charge in [-0.15, -0.1) is 5.10 Å². The van der Waals surface area contributed by atoms with Crippen LogP contribution in [0.5, 0.6) is 0 Å². The monoisotopic (exact) mass is 294 g/mol. The van der Waals surface area contributed by atoms with Crippen molar-refractivity contribution in [2.24, 2.45) is 0 Å². The van der Waals surface area contributed by atoms with Crippen LogP contribution in [0.15, 0.2) is 0 Å². The Balaban J connectivity index is 1.85. The van der Waals surface area contributed by atoms with Crippen molar-refractivity contribution in [3.63, 3.8) is 0 Å². The molecule has 0 N–H and O–H groups in total. The lowest BCUT2D eigenvalue weighted by Crippen LogP contribution is -2.47. The lowest BCUT2D eigenvalue weighted by molar-refractivity contribution is 0.0564. The minimum Gasteiger partial charge on any atom is -0.332 e. The van der Waals surface area contributed by atoms with Crippen molar-refractivity contribution in [2.75, 3.05) is 26.7 Å². The Labute approximate surface area is 124 Å². The van der Waals surface area contributed by atoms with E-state index in [1.807, 2.05) is 6.92 Å². The summed E-state index contributed by atoms with van der Waals surface area (Å²) in [5.74, 6) is 0.152. The van der Waals surface area contributed by atoms with Crippen molar-refractivity contribution >= 4 is 17.4 Å². The molecule has 20 heavy (non-hydrogen) atoms. The van der Waals surface area contributed by atoms with Gasteiger partial charge in [0.1, 0.15) is 4.88 Å². The van der Waals surface area contributed by atoms with Gasteiger partial charge in [-0.2, -0.15) is 0 Å². The molecule has 2 saturated heterocycles. The van der Waals surface area contributed by atoms with E-state index >= 15 is 0 Å². The van der Waals surface area contributed by atoms with Crippen LogP contribution >= 0.6 is 11.5 Å². The van der Waals surface area contributed by atoms with Gasteiger partial charge >= 0.3 is 0 Å². The summed E-state index contributed by atoms with van der Waals surface area (Å²) in [6, 6.07) is 0. The Morgan fingerprint density at radius 3 is 2.65 bits per heavy atom. The Hall–Kier alpha value is -1.01. The summed E-state index contributed by atoms with van der Waals surface area (Å²) in [4.78, 5) is 18.1. The second-order valence-electron chi connectivity index (χ2n) is 6.13. The number of carbonyl (C=O) groups excluding carboxylic acids is 1. The first kappa shape index (κ1) is 13.9. The predicted molar refractivity (Wildman–Crippen MR) is 79.0 cm³/mol. The first-order valence-electron chi connectivity index (χ1n) is 7.42. The Morgan fingerprint density at radius 2 is 1.95 bits per heavy atom. The lowest BCUT2D eigenvalue weighted by Gasteiger charge is -2.38.